The van der Waals surface area contributed by atoms with E-state index in [1.54, 1.807) is 18.2 Å². The Morgan fingerprint density at radius 3 is 2.44 bits per heavy atom. The van der Waals surface area contributed by atoms with Crippen molar-refractivity contribution in [3.8, 4) is 0 Å². The van der Waals surface area contributed by atoms with Gasteiger partial charge in [0.05, 0.1) is 5.56 Å². The molecule has 2 aromatic rings. The summed E-state index contributed by atoms with van der Waals surface area (Å²) in [5, 5.41) is 0. The highest BCUT2D eigenvalue weighted by atomic mass is 79.9. The summed E-state index contributed by atoms with van der Waals surface area (Å²) in [6, 6.07) is 13.5. The molecular weight excluding hydrogens is 295 g/mol. The van der Waals surface area contributed by atoms with Crippen LogP contribution >= 0.6 is 15.9 Å². The zero-order chi connectivity index (χ0) is 13.0. The molecule has 0 fully saturated rings. The van der Waals surface area contributed by atoms with Gasteiger partial charge in [0.2, 0.25) is 0 Å². The Morgan fingerprint density at radius 2 is 1.72 bits per heavy atom. The van der Waals surface area contributed by atoms with E-state index in [9.17, 15) is 9.18 Å². The fourth-order valence-corrected chi connectivity index (χ4v) is 1.94. The third kappa shape index (κ3) is 2.93. The highest BCUT2D eigenvalue weighted by Crippen LogP contribution is 2.17. The zero-order valence-corrected chi connectivity index (χ0v) is 11.0. The molecule has 2 aromatic carbocycles. The number of allylic oxidation sites excluding steroid dienone is 1. The van der Waals surface area contributed by atoms with E-state index in [2.05, 4.69) is 15.9 Å². The van der Waals surface area contributed by atoms with E-state index in [0.29, 0.717) is 0 Å². The molecule has 3 heteroatoms. The summed E-state index contributed by atoms with van der Waals surface area (Å²) in [6.07, 6.45) is 3.04. The topological polar surface area (TPSA) is 17.1 Å². The first-order valence-corrected chi connectivity index (χ1v) is 6.19. The fraction of sp³-hybridized carbons (Fsp3) is 0. The number of hydrogen-bond acceptors (Lipinski definition) is 1. The van der Waals surface area contributed by atoms with E-state index >= 15 is 0 Å². The Labute approximate surface area is 113 Å². The Bertz CT molecular complexity index is 605. The molecule has 90 valence electrons. The molecular formula is C15H10BrFO. The van der Waals surface area contributed by atoms with Gasteiger partial charge >= 0.3 is 0 Å². The van der Waals surface area contributed by atoms with Crippen LogP contribution in [-0.4, -0.2) is 5.78 Å². The Morgan fingerprint density at radius 1 is 1.06 bits per heavy atom. The molecule has 2 rings (SSSR count). The number of halogens is 2. The van der Waals surface area contributed by atoms with Gasteiger partial charge in [0.15, 0.2) is 5.78 Å². The minimum Gasteiger partial charge on any atom is -0.289 e. The van der Waals surface area contributed by atoms with Gasteiger partial charge in [-0.3, -0.25) is 4.79 Å². The minimum atomic E-state index is -0.501. The van der Waals surface area contributed by atoms with Crippen molar-refractivity contribution < 1.29 is 9.18 Å². The van der Waals surface area contributed by atoms with Crippen LogP contribution in [0.2, 0.25) is 0 Å². The van der Waals surface area contributed by atoms with Crippen molar-refractivity contribution in [1.29, 1.82) is 0 Å². The molecule has 0 aromatic heterocycles. The maximum Gasteiger partial charge on any atom is 0.188 e. The molecule has 0 heterocycles. The standard InChI is InChI=1S/C15H10BrFO/c16-13-7-3-1-5-11(13)9-10-15(18)12-6-2-4-8-14(12)17/h1-10H/b10-9+. The van der Waals surface area contributed by atoms with Crippen molar-refractivity contribution in [2.24, 2.45) is 0 Å². The van der Waals surface area contributed by atoms with Crippen molar-refractivity contribution in [2.75, 3.05) is 0 Å². The van der Waals surface area contributed by atoms with E-state index in [4.69, 9.17) is 0 Å². The first-order chi connectivity index (χ1) is 8.68. The predicted molar refractivity (Wildman–Crippen MR) is 73.9 cm³/mol. The van der Waals surface area contributed by atoms with Crippen molar-refractivity contribution >= 4 is 27.8 Å². The average molecular weight is 305 g/mol. The molecule has 18 heavy (non-hydrogen) atoms. The van der Waals surface area contributed by atoms with Crippen molar-refractivity contribution in [3.63, 3.8) is 0 Å². The number of carbonyl (C=O) groups excluding carboxylic acids is 1. The van der Waals surface area contributed by atoms with Crippen LogP contribution in [-0.2, 0) is 0 Å². The van der Waals surface area contributed by atoms with E-state index < -0.39 is 5.82 Å². The van der Waals surface area contributed by atoms with Crippen LogP contribution in [0.5, 0.6) is 0 Å². The van der Waals surface area contributed by atoms with Gasteiger partial charge in [-0.05, 0) is 35.9 Å². The molecule has 0 spiro atoms. The highest BCUT2D eigenvalue weighted by molar-refractivity contribution is 9.10. The summed E-state index contributed by atoms with van der Waals surface area (Å²) < 4.78 is 14.3. The molecule has 0 aliphatic rings. The summed E-state index contributed by atoms with van der Waals surface area (Å²) in [7, 11) is 0. The summed E-state index contributed by atoms with van der Waals surface area (Å²) in [5.41, 5.74) is 0.961. The first kappa shape index (κ1) is 12.7. The summed E-state index contributed by atoms with van der Waals surface area (Å²) >= 11 is 3.38. The second-order valence-corrected chi connectivity index (χ2v) is 4.55. The van der Waals surface area contributed by atoms with E-state index in [1.807, 2.05) is 24.3 Å². The van der Waals surface area contributed by atoms with Crippen LogP contribution in [0.3, 0.4) is 0 Å². The van der Waals surface area contributed by atoms with Gasteiger partial charge in [0.25, 0.3) is 0 Å². The van der Waals surface area contributed by atoms with Gasteiger partial charge in [-0.2, -0.15) is 0 Å². The molecule has 0 saturated carbocycles. The zero-order valence-electron chi connectivity index (χ0n) is 9.44. The van der Waals surface area contributed by atoms with Crippen LogP contribution in [0, 0.1) is 5.82 Å². The quantitative estimate of drug-likeness (QED) is 0.603. The fourth-order valence-electron chi connectivity index (χ4n) is 1.53. The third-order valence-electron chi connectivity index (χ3n) is 2.46. The normalized spacial score (nSPS) is 10.8. The largest absolute Gasteiger partial charge is 0.289 e. The lowest BCUT2D eigenvalue weighted by molar-refractivity contribution is 0.104. The first-order valence-electron chi connectivity index (χ1n) is 5.40. The van der Waals surface area contributed by atoms with Crippen LogP contribution in [0.4, 0.5) is 4.39 Å². The SMILES string of the molecule is O=C(/C=C/c1ccccc1Br)c1ccccc1F. The van der Waals surface area contributed by atoms with Crippen LogP contribution in [0.25, 0.3) is 6.08 Å². The van der Waals surface area contributed by atoms with Crippen molar-refractivity contribution in [1.82, 2.24) is 0 Å². The Balaban J connectivity index is 2.23. The van der Waals surface area contributed by atoms with E-state index in [-0.39, 0.29) is 11.3 Å². The summed E-state index contributed by atoms with van der Waals surface area (Å²) in [5.74, 6) is -0.844. The van der Waals surface area contributed by atoms with Crippen molar-refractivity contribution in [3.05, 3.63) is 76.0 Å². The lowest BCUT2D eigenvalue weighted by Crippen LogP contribution is -1.97. The van der Waals surface area contributed by atoms with Gasteiger partial charge in [-0.1, -0.05) is 46.3 Å². The van der Waals surface area contributed by atoms with Gasteiger partial charge < -0.3 is 0 Å². The highest BCUT2D eigenvalue weighted by Gasteiger charge is 2.07. The molecule has 0 atom stereocenters. The van der Waals surface area contributed by atoms with Gasteiger partial charge in [0, 0.05) is 4.47 Å². The second-order valence-electron chi connectivity index (χ2n) is 3.70. The van der Waals surface area contributed by atoms with E-state index in [1.165, 1.54) is 18.2 Å². The number of carbonyl (C=O) groups is 1. The Hall–Kier alpha value is -1.74. The van der Waals surface area contributed by atoms with Gasteiger partial charge in [-0.25, -0.2) is 4.39 Å². The molecule has 1 nitrogen and oxygen atoms in total. The average Bonchev–Trinajstić information content (AvgIpc) is 2.38. The molecule has 0 bridgehead atoms. The molecule has 0 radical (unpaired) electrons. The summed E-state index contributed by atoms with van der Waals surface area (Å²) in [4.78, 5) is 11.8. The number of ketones is 1. The van der Waals surface area contributed by atoms with Crippen LogP contribution < -0.4 is 0 Å². The number of hydrogen-bond donors (Lipinski definition) is 0. The van der Waals surface area contributed by atoms with E-state index in [0.717, 1.165) is 10.0 Å². The maximum absolute atomic E-state index is 13.4. The monoisotopic (exact) mass is 304 g/mol. The molecule has 0 aliphatic carbocycles. The number of benzene rings is 2. The third-order valence-corrected chi connectivity index (χ3v) is 3.18. The van der Waals surface area contributed by atoms with Gasteiger partial charge in [-0.15, -0.1) is 0 Å². The van der Waals surface area contributed by atoms with Crippen LogP contribution in [0.1, 0.15) is 15.9 Å². The smallest absolute Gasteiger partial charge is 0.188 e. The minimum absolute atomic E-state index is 0.0841. The molecule has 0 aliphatic heterocycles. The van der Waals surface area contributed by atoms with Crippen molar-refractivity contribution in [2.45, 2.75) is 0 Å². The molecule has 0 amide bonds. The maximum atomic E-state index is 13.4. The lowest BCUT2D eigenvalue weighted by Gasteiger charge is -1.98. The lowest BCUT2D eigenvalue weighted by atomic mass is 10.1. The molecule has 0 N–H and O–H groups in total. The van der Waals surface area contributed by atoms with Crippen LogP contribution in [0.15, 0.2) is 59.1 Å². The summed E-state index contributed by atoms with van der Waals surface area (Å²) in [6.45, 7) is 0. The molecule has 0 saturated heterocycles. The second kappa shape index (κ2) is 5.74. The number of rotatable bonds is 3. The predicted octanol–water partition coefficient (Wildman–Crippen LogP) is 4.48. The van der Waals surface area contributed by atoms with Gasteiger partial charge in [0.1, 0.15) is 5.82 Å². The molecule has 0 unspecified atom stereocenters. The Kier molecular flexibility index (Phi) is 4.05.